The lowest BCUT2D eigenvalue weighted by molar-refractivity contribution is -0.124. The molecule has 0 unspecified atom stereocenters. The number of hydrogen-bond donors (Lipinski definition) is 2. The van der Waals surface area contributed by atoms with Gasteiger partial charge in [0, 0.05) is 24.2 Å². The van der Waals surface area contributed by atoms with E-state index in [0.717, 1.165) is 22.2 Å². The molecule has 4 amide bonds. The first-order chi connectivity index (χ1) is 14.8. The van der Waals surface area contributed by atoms with Crippen LogP contribution in [0.25, 0.3) is 6.08 Å². The highest BCUT2D eigenvalue weighted by atomic mass is 32.2. The van der Waals surface area contributed by atoms with Gasteiger partial charge >= 0.3 is 0 Å². The van der Waals surface area contributed by atoms with Gasteiger partial charge in [-0.2, -0.15) is 0 Å². The first-order valence-corrected chi connectivity index (χ1v) is 10.3. The molecule has 0 spiro atoms. The number of carbonyl (C=O) groups excluding carboxylic acids is 4. The highest BCUT2D eigenvalue weighted by molar-refractivity contribution is 8.18. The van der Waals surface area contributed by atoms with Gasteiger partial charge < -0.3 is 10.6 Å². The molecule has 1 aliphatic rings. The number of aryl methyl sites for hydroxylation is 1. The molecule has 2 N–H and O–H groups in total. The zero-order valence-electron chi connectivity index (χ0n) is 16.7. The van der Waals surface area contributed by atoms with Gasteiger partial charge in [0.25, 0.3) is 17.1 Å². The predicted molar refractivity (Wildman–Crippen MR) is 116 cm³/mol. The van der Waals surface area contributed by atoms with E-state index in [-0.39, 0.29) is 36.0 Å². The zero-order valence-corrected chi connectivity index (χ0v) is 17.5. The molecule has 9 heteroatoms. The number of benzene rings is 2. The van der Waals surface area contributed by atoms with Crippen LogP contribution in [0, 0.1) is 12.7 Å². The van der Waals surface area contributed by atoms with Gasteiger partial charge in [-0.1, -0.05) is 35.9 Å². The second kappa shape index (κ2) is 10.0. The molecule has 0 aromatic heterocycles. The van der Waals surface area contributed by atoms with Crippen LogP contribution in [-0.4, -0.2) is 47.5 Å². The molecular weight excluding hydrogens is 421 g/mol. The SMILES string of the molecule is Cc1cccc(C(=O)NCC(=O)NCCN2C(=O)S/C(=C\c3ccccc3F)C2=O)c1. The molecule has 0 atom stereocenters. The van der Waals surface area contributed by atoms with Crippen molar-refractivity contribution in [3.05, 3.63) is 75.9 Å². The van der Waals surface area contributed by atoms with Crippen LogP contribution >= 0.6 is 11.8 Å². The van der Waals surface area contributed by atoms with Crippen molar-refractivity contribution in [2.45, 2.75) is 6.92 Å². The minimum Gasteiger partial charge on any atom is -0.353 e. The number of nitrogens with zero attached hydrogens (tertiary/aromatic N) is 1. The predicted octanol–water partition coefficient (Wildman–Crippen LogP) is 2.72. The molecule has 1 heterocycles. The van der Waals surface area contributed by atoms with E-state index in [9.17, 15) is 23.6 Å². The molecule has 7 nitrogen and oxygen atoms in total. The summed E-state index contributed by atoms with van der Waals surface area (Å²) >= 11 is 0.719. The Morgan fingerprint density at radius 1 is 1.10 bits per heavy atom. The molecule has 3 rings (SSSR count). The van der Waals surface area contributed by atoms with Crippen LogP contribution in [0.5, 0.6) is 0 Å². The first-order valence-electron chi connectivity index (χ1n) is 9.46. The van der Waals surface area contributed by atoms with Crippen LogP contribution in [-0.2, 0) is 9.59 Å². The first kappa shape index (κ1) is 22.2. The number of nitrogens with one attached hydrogen (secondary N) is 2. The van der Waals surface area contributed by atoms with E-state index in [2.05, 4.69) is 10.6 Å². The number of rotatable bonds is 7. The highest BCUT2D eigenvalue weighted by Crippen LogP contribution is 2.32. The molecule has 0 aliphatic carbocycles. The van der Waals surface area contributed by atoms with E-state index >= 15 is 0 Å². The third kappa shape index (κ3) is 5.79. The van der Waals surface area contributed by atoms with Gasteiger partial charge in [-0.15, -0.1) is 0 Å². The summed E-state index contributed by atoms with van der Waals surface area (Å²) in [5.74, 6) is -1.85. The maximum absolute atomic E-state index is 13.8. The van der Waals surface area contributed by atoms with E-state index in [1.165, 1.54) is 24.3 Å². The molecule has 2 aromatic carbocycles. The fourth-order valence-electron chi connectivity index (χ4n) is 2.84. The van der Waals surface area contributed by atoms with Gasteiger partial charge in [0.2, 0.25) is 5.91 Å². The summed E-state index contributed by atoms with van der Waals surface area (Å²) in [6.45, 7) is 1.63. The molecule has 31 heavy (non-hydrogen) atoms. The van der Waals surface area contributed by atoms with Crippen LogP contribution in [0.15, 0.2) is 53.4 Å². The Kier molecular flexibility index (Phi) is 7.19. The Morgan fingerprint density at radius 2 is 1.87 bits per heavy atom. The summed E-state index contributed by atoms with van der Waals surface area (Å²) in [6, 6.07) is 12.9. The molecule has 0 saturated carbocycles. The summed E-state index contributed by atoms with van der Waals surface area (Å²) in [7, 11) is 0. The number of hydrogen-bond acceptors (Lipinski definition) is 5. The average Bonchev–Trinajstić information content (AvgIpc) is 3.01. The molecule has 0 bridgehead atoms. The average molecular weight is 441 g/mol. The van der Waals surface area contributed by atoms with Gasteiger partial charge in [0.1, 0.15) is 5.82 Å². The molecule has 1 saturated heterocycles. The summed E-state index contributed by atoms with van der Waals surface area (Å²) < 4.78 is 13.8. The smallest absolute Gasteiger partial charge is 0.293 e. The Bertz CT molecular complexity index is 1070. The minimum absolute atomic E-state index is 0.0309. The maximum Gasteiger partial charge on any atom is 0.293 e. The van der Waals surface area contributed by atoms with Crippen molar-refractivity contribution in [1.29, 1.82) is 0 Å². The fourth-order valence-corrected chi connectivity index (χ4v) is 3.70. The number of amides is 4. The zero-order chi connectivity index (χ0) is 22.4. The van der Waals surface area contributed by atoms with E-state index in [4.69, 9.17) is 0 Å². The maximum atomic E-state index is 13.8. The second-order valence-corrected chi connectivity index (χ2v) is 7.75. The third-order valence-electron chi connectivity index (χ3n) is 4.41. The Hall–Kier alpha value is -3.46. The Morgan fingerprint density at radius 3 is 2.61 bits per heavy atom. The lowest BCUT2D eigenvalue weighted by Crippen LogP contribution is -2.41. The van der Waals surface area contributed by atoms with Crippen molar-refractivity contribution in [2.24, 2.45) is 0 Å². The van der Waals surface area contributed by atoms with Gasteiger partial charge in [-0.05, 0) is 43.0 Å². The topological polar surface area (TPSA) is 95.6 Å². The van der Waals surface area contributed by atoms with Gasteiger partial charge in [-0.3, -0.25) is 24.1 Å². The van der Waals surface area contributed by atoms with Crippen molar-refractivity contribution >= 4 is 40.8 Å². The second-order valence-electron chi connectivity index (χ2n) is 6.76. The summed E-state index contributed by atoms with van der Waals surface area (Å²) in [6.07, 6.45) is 1.33. The van der Waals surface area contributed by atoms with Crippen molar-refractivity contribution in [1.82, 2.24) is 15.5 Å². The van der Waals surface area contributed by atoms with Gasteiger partial charge in [-0.25, -0.2) is 4.39 Å². The Balaban J connectivity index is 1.47. The van der Waals surface area contributed by atoms with E-state index in [1.54, 1.807) is 24.3 Å². The summed E-state index contributed by atoms with van der Waals surface area (Å²) in [4.78, 5) is 49.7. The van der Waals surface area contributed by atoms with Crippen molar-refractivity contribution < 1.29 is 23.6 Å². The number of carbonyl (C=O) groups is 4. The van der Waals surface area contributed by atoms with Crippen molar-refractivity contribution in [3.63, 3.8) is 0 Å². The minimum atomic E-state index is -0.541. The van der Waals surface area contributed by atoms with E-state index < -0.39 is 22.9 Å². The monoisotopic (exact) mass is 441 g/mol. The van der Waals surface area contributed by atoms with Crippen LogP contribution in [0.2, 0.25) is 0 Å². The fraction of sp³-hybridized carbons (Fsp3) is 0.182. The molecule has 1 aliphatic heterocycles. The van der Waals surface area contributed by atoms with Crippen LogP contribution < -0.4 is 10.6 Å². The normalized spacial score (nSPS) is 14.8. The van der Waals surface area contributed by atoms with E-state index in [0.29, 0.717) is 5.56 Å². The van der Waals surface area contributed by atoms with E-state index in [1.807, 2.05) is 13.0 Å². The van der Waals surface area contributed by atoms with Crippen LogP contribution in [0.4, 0.5) is 9.18 Å². The standard InChI is InChI=1S/C22H20FN3O4S/c1-14-5-4-7-16(11-14)20(28)25-13-19(27)24-9-10-26-21(29)18(31-22(26)30)12-15-6-2-3-8-17(15)23/h2-8,11-12H,9-10,13H2,1H3,(H,24,27)(H,25,28)/b18-12-. The van der Waals surface area contributed by atoms with Crippen LogP contribution in [0.3, 0.4) is 0 Å². The summed E-state index contributed by atoms with van der Waals surface area (Å²) in [5, 5.41) is 4.58. The van der Waals surface area contributed by atoms with Crippen molar-refractivity contribution in [3.8, 4) is 0 Å². The summed E-state index contributed by atoms with van der Waals surface area (Å²) in [5.41, 5.74) is 1.59. The molecular formula is C22H20FN3O4S. The lowest BCUT2D eigenvalue weighted by atomic mass is 10.1. The number of imide groups is 1. The largest absolute Gasteiger partial charge is 0.353 e. The Labute approximate surface area is 182 Å². The molecule has 1 fully saturated rings. The van der Waals surface area contributed by atoms with Gasteiger partial charge in [0.05, 0.1) is 11.4 Å². The molecule has 0 radical (unpaired) electrons. The lowest BCUT2D eigenvalue weighted by Gasteiger charge is -2.13. The van der Waals surface area contributed by atoms with Crippen molar-refractivity contribution in [2.75, 3.05) is 19.6 Å². The van der Waals surface area contributed by atoms with Crippen LogP contribution in [0.1, 0.15) is 21.5 Å². The highest BCUT2D eigenvalue weighted by Gasteiger charge is 2.34. The number of thioether (sulfide) groups is 1. The number of halogens is 1. The third-order valence-corrected chi connectivity index (χ3v) is 5.32. The molecule has 160 valence electrons. The quantitative estimate of drug-likeness (QED) is 0.645. The molecule has 2 aromatic rings. The van der Waals surface area contributed by atoms with Gasteiger partial charge in [0.15, 0.2) is 0 Å².